The van der Waals surface area contributed by atoms with Gasteiger partial charge in [-0.15, -0.1) is 0 Å². The first-order chi connectivity index (χ1) is 8.08. The lowest BCUT2D eigenvalue weighted by atomic mass is 10.2. The second kappa shape index (κ2) is 5.56. The van der Waals surface area contributed by atoms with Crippen LogP contribution in [0, 0.1) is 18.3 Å². The van der Waals surface area contributed by atoms with Gasteiger partial charge in [-0.05, 0) is 19.1 Å². The van der Waals surface area contributed by atoms with Gasteiger partial charge in [-0.1, -0.05) is 17.7 Å². The zero-order chi connectivity index (χ0) is 12.8. The van der Waals surface area contributed by atoms with Crippen molar-refractivity contribution in [3.63, 3.8) is 0 Å². The zero-order valence-corrected chi connectivity index (χ0v) is 9.52. The van der Waals surface area contributed by atoms with Gasteiger partial charge < -0.3 is 15.2 Å². The van der Waals surface area contributed by atoms with Crippen LogP contribution in [0.3, 0.4) is 0 Å². The predicted molar refractivity (Wildman–Crippen MR) is 62.1 cm³/mol. The number of carbonyl (C=O) groups is 1. The molecule has 1 rings (SSSR count). The molecular formula is C12H12N2O3. The molecule has 0 saturated carbocycles. The van der Waals surface area contributed by atoms with Crippen molar-refractivity contribution in [2.24, 2.45) is 0 Å². The third kappa shape index (κ3) is 3.24. The van der Waals surface area contributed by atoms with Crippen LogP contribution in [-0.2, 0) is 9.53 Å². The van der Waals surface area contributed by atoms with Crippen molar-refractivity contribution in [3.05, 3.63) is 41.3 Å². The Labute approximate surface area is 98.9 Å². The fraction of sp³-hybridized carbons (Fsp3) is 0.167. The summed E-state index contributed by atoms with van der Waals surface area (Å²) >= 11 is 0. The number of aliphatic hydroxyl groups excluding tert-OH is 1. The first-order valence-electron chi connectivity index (χ1n) is 4.84. The number of rotatable bonds is 3. The average Bonchev–Trinajstić information content (AvgIpc) is 2.32. The number of nitrogens with zero attached hydrogens (tertiary/aromatic N) is 1. The topological polar surface area (TPSA) is 82.3 Å². The number of anilines is 1. The van der Waals surface area contributed by atoms with Crippen LogP contribution >= 0.6 is 0 Å². The van der Waals surface area contributed by atoms with Gasteiger partial charge in [-0.3, -0.25) is 4.79 Å². The predicted octanol–water partition coefficient (Wildman–Crippen LogP) is 1.87. The molecule has 0 unspecified atom stereocenters. The Morgan fingerprint density at radius 2 is 2.00 bits per heavy atom. The lowest BCUT2D eigenvalue weighted by Gasteiger charge is -2.05. The molecule has 0 heterocycles. The first kappa shape index (κ1) is 12.6. The molecule has 0 saturated heterocycles. The molecular weight excluding hydrogens is 220 g/mol. The molecule has 0 atom stereocenters. The van der Waals surface area contributed by atoms with Crippen molar-refractivity contribution in [1.82, 2.24) is 0 Å². The molecule has 0 bridgehead atoms. The number of carbonyl (C=O) groups excluding carboxylic acids is 1. The molecule has 2 N–H and O–H groups in total. The van der Waals surface area contributed by atoms with Gasteiger partial charge in [-0.25, -0.2) is 0 Å². The van der Waals surface area contributed by atoms with Gasteiger partial charge in [0.2, 0.25) is 0 Å². The van der Waals surface area contributed by atoms with Gasteiger partial charge in [0.15, 0.2) is 5.57 Å². The van der Waals surface area contributed by atoms with Gasteiger partial charge in [0.25, 0.3) is 5.91 Å². The number of nitrogens with one attached hydrogen (secondary N) is 1. The zero-order valence-electron chi connectivity index (χ0n) is 9.52. The van der Waals surface area contributed by atoms with E-state index in [1.165, 1.54) is 7.11 Å². The maximum absolute atomic E-state index is 11.6. The molecule has 5 nitrogen and oxygen atoms in total. The van der Waals surface area contributed by atoms with Gasteiger partial charge in [-0.2, -0.15) is 5.26 Å². The van der Waals surface area contributed by atoms with E-state index in [2.05, 4.69) is 10.1 Å². The minimum Gasteiger partial charge on any atom is -0.480 e. The van der Waals surface area contributed by atoms with Crippen molar-refractivity contribution in [2.45, 2.75) is 6.92 Å². The number of ether oxygens (including phenoxy) is 1. The fourth-order valence-corrected chi connectivity index (χ4v) is 1.13. The minimum absolute atomic E-state index is 0.465. The summed E-state index contributed by atoms with van der Waals surface area (Å²) in [5.41, 5.74) is 1.13. The highest BCUT2D eigenvalue weighted by molar-refractivity contribution is 6.06. The third-order valence-corrected chi connectivity index (χ3v) is 2.06. The summed E-state index contributed by atoms with van der Waals surface area (Å²) in [7, 11) is 1.17. The lowest BCUT2D eigenvalue weighted by molar-refractivity contribution is -0.113. The number of aryl methyl sites for hydroxylation is 1. The van der Waals surface area contributed by atoms with Gasteiger partial charge in [0.05, 0.1) is 7.11 Å². The molecule has 0 fully saturated rings. The number of amides is 1. The Morgan fingerprint density at radius 3 is 2.47 bits per heavy atom. The van der Waals surface area contributed by atoms with E-state index in [-0.39, 0.29) is 0 Å². The summed E-state index contributed by atoms with van der Waals surface area (Å²) in [4.78, 5) is 11.6. The standard InChI is InChI=1S/C12H12N2O3/c1-8-3-5-9(6-4-8)14-11(15)10(7-13)12(16)17-2/h3-6,16H,1-2H3,(H,14,15)/b12-10+. The van der Waals surface area contributed by atoms with Crippen LogP contribution in [0.5, 0.6) is 0 Å². The molecule has 1 aromatic carbocycles. The van der Waals surface area contributed by atoms with Crippen LogP contribution < -0.4 is 5.32 Å². The average molecular weight is 232 g/mol. The highest BCUT2D eigenvalue weighted by Gasteiger charge is 2.15. The monoisotopic (exact) mass is 232 g/mol. The number of aliphatic hydroxyl groups is 1. The quantitative estimate of drug-likeness (QED) is 0.473. The van der Waals surface area contributed by atoms with Crippen LogP contribution in [0.4, 0.5) is 5.69 Å². The molecule has 5 heteroatoms. The van der Waals surface area contributed by atoms with E-state index >= 15 is 0 Å². The van der Waals surface area contributed by atoms with E-state index in [4.69, 9.17) is 5.26 Å². The number of hydrogen-bond acceptors (Lipinski definition) is 4. The molecule has 88 valence electrons. The summed E-state index contributed by atoms with van der Waals surface area (Å²) in [5.74, 6) is -1.41. The molecule has 17 heavy (non-hydrogen) atoms. The largest absolute Gasteiger partial charge is 0.480 e. The molecule has 0 spiro atoms. The Kier molecular flexibility index (Phi) is 4.12. The SMILES string of the molecule is CO/C(O)=C(\C#N)C(=O)Nc1ccc(C)cc1. The summed E-state index contributed by atoms with van der Waals surface area (Å²) < 4.78 is 4.43. The van der Waals surface area contributed by atoms with Crippen molar-refractivity contribution in [3.8, 4) is 6.07 Å². The fourth-order valence-electron chi connectivity index (χ4n) is 1.13. The molecule has 1 amide bonds. The van der Waals surface area contributed by atoms with Gasteiger partial charge in [0.1, 0.15) is 6.07 Å². The van der Waals surface area contributed by atoms with Crippen molar-refractivity contribution in [1.29, 1.82) is 5.26 Å². The lowest BCUT2D eigenvalue weighted by Crippen LogP contribution is -2.15. The smallest absolute Gasteiger partial charge is 0.300 e. The van der Waals surface area contributed by atoms with E-state index in [9.17, 15) is 9.90 Å². The summed E-state index contributed by atoms with van der Waals surface area (Å²) in [6.45, 7) is 1.92. The van der Waals surface area contributed by atoms with E-state index in [1.807, 2.05) is 19.1 Å². The summed E-state index contributed by atoms with van der Waals surface area (Å²) in [6.07, 6.45) is 0. The van der Waals surface area contributed by atoms with Crippen molar-refractivity contribution in [2.75, 3.05) is 12.4 Å². The number of nitriles is 1. The Hall–Kier alpha value is -2.48. The van der Waals surface area contributed by atoms with Crippen LogP contribution in [0.25, 0.3) is 0 Å². The Morgan fingerprint density at radius 1 is 1.41 bits per heavy atom. The van der Waals surface area contributed by atoms with E-state index < -0.39 is 17.4 Å². The maximum atomic E-state index is 11.6. The van der Waals surface area contributed by atoms with Crippen LogP contribution in [0.2, 0.25) is 0 Å². The summed E-state index contributed by atoms with van der Waals surface area (Å²) in [6, 6.07) is 8.62. The van der Waals surface area contributed by atoms with Crippen molar-refractivity contribution < 1.29 is 14.6 Å². The highest BCUT2D eigenvalue weighted by Crippen LogP contribution is 2.11. The highest BCUT2D eigenvalue weighted by atomic mass is 16.6. The Bertz CT molecular complexity index is 483. The molecule has 1 aromatic rings. The maximum Gasteiger partial charge on any atom is 0.300 e. The van der Waals surface area contributed by atoms with Crippen molar-refractivity contribution >= 4 is 11.6 Å². The van der Waals surface area contributed by atoms with Crippen LogP contribution in [-0.4, -0.2) is 18.1 Å². The normalized spacial score (nSPS) is 11.1. The van der Waals surface area contributed by atoms with Gasteiger partial charge in [0, 0.05) is 5.69 Å². The molecule has 0 aliphatic carbocycles. The van der Waals surface area contributed by atoms with Crippen LogP contribution in [0.1, 0.15) is 5.56 Å². The van der Waals surface area contributed by atoms with Gasteiger partial charge >= 0.3 is 5.95 Å². The number of methoxy groups -OCH3 is 1. The second-order valence-electron chi connectivity index (χ2n) is 3.32. The van der Waals surface area contributed by atoms with E-state index in [1.54, 1.807) is 18.2 Å². The van der Waals surface area contributed by atoms with E-state index in [0.29, 0.717) is 5.69 Å². The number of benzene rings is 1. The molecule has 0 aliphatic heterocycles. The first-order valence-corrected chi connectivity index (χ1v) is 4.84. The van der Waals surface area contributed by atoms with E-state index in [0.717, 1.165) is 5.56 Å². The Balaban J connectivity index is 2.86. The molecule has 0 aromatic heterocycles. The second-order valence-corrected chi connectivity index (χ2v) is 3.32. The van der Waals surface area contributed by atoms with Crippen LogP contribution in [0.15, 0.2) is 35.8 Å². The summed E-state index contributed by atoms with van der Waals surface area (Å²) in [5, 5.41) is 20.4. The molecule has 0 aliphatic rings. The third-order valence-electron chi connectivity index (χ3n) is 2.06. The number of hydrogen-bond donors (Lipinski definition) is 2. The molecule has 0 radical (unpaired) electrons. The minimum atomic E-state index is -0.712.